The van der Waals surface area contributed by atoms with Crippen molar-refractivity contribution in [3.63, 3.8) is 0 Å². The van der Waals surface area contributed by atoms with Crippen LogP contribution in [0, 0.1) is 6.92 Å². The molecule has 0 spiro atoms. The molecular weight excluding hydrogens is 352 g/mol. The van der Waals surface area contributed by atoms with Crippen LogP contribution in [-0.4, -0.2) is 41.0 Å². The second-order valence-corrected chi connectivity index (χ2v) is 6.90. The number of nitrogens with zero attached hydrogens (tertiary/aromatic N) is 2. The van der Waals surface area contributed by atoms with E-state index in [0.29, 0.717) is 18.8 Å². The number of thiazole rings is 1. The van der Waals surface area contributed by atoms with Gasteiger partial charge in [0, 0.05) is 24.2 Å². The molecule has 1 aliphatic heterocycles. The first-order chi connectivity index (χ1) is 12.5. The lowest BCUT2D eigenvalue weighted by Gasteiger charge is -2.26. The van der Waals surface area contributed by atoms with E-state index in [1.807, 2.05) is 24.3 Å². The molecule has 1 aliphatic rings. The zero-order chi connectivity index (χ0) is 18.5. The van der Waals surface area contributed by atoms with Crippen LogP contribution in [0.15, 0.2) is 46.6 Å². The molecule has 0 radical (unpaired) electrons. The van der Waals surface area contributed by atoms with E-state index in [9.17, 15) is 14.4 Å². The van der Waals surface area contributed by atoms with E-state index in [-0.39, 0.29) is 23.9 Å². The quantitative estimate of drug-likeness (QED) is 0.754. The van der Waals surface area contributed by atoms with Crippen molar-refractivity contribution in [3.8, 4) is 0 Å². The summed E-state index contributed by atoms with van der Waals surface area (Å²) in [5.74, 6) is -0.810. The number of benzene rings is 1. The molecule has 0 atom stereocenters. The van der Waals surface area contributed by atoms with Gasteiger partial charge in [-0.05, 0) is 24.5 Å². The van der Waals surface area contributed by atoms with Gasteiger partial charge in [-0.2, -0.15) is 0 Å². The Hall–Kier alpha value is -2.67. The van der Waals surface area contributed by atoms with E-state index in [2.05, 4.69) is 12.1 Å². The average molecular weight is 372 g/mol. The summed E-state index contributed by atoms with van der Waals surface area (Å²) < 4.78 is 6.39. The molecule has 2 aromatic rings. The standard InChI is InChI=1S/C19H20N2O4S/c1-14-13-26-19(24)21(14)11-18(23)25-12-17(22)20-9-7-16(8-10-20)15-5-3-2-4-6-15/h2-7,13H,8-12H2,1H3. The zero-order valence-corrected chi connectivity index (χ0v) is 15.3. The maximum atomic E-state index is 12.2. The topological polar surface area (TPSA) is 68.6 Å². The number of aryl methyl sites for hydroxylation is 1. The van der Waals surface area contributed by atoms with E-state index >= 15 is 0 Å². The monoisotopic (exact) mass is 372 g/mol. The van der Waals surface area contributed by atoms with Crippen molar-refractivity contribution in [2.24, 2.45) is 0 Å². The third-order valence-electron chi connectivity index (χ3n) is 4.33. The van der Waals surface area contributed by atoms with Gasteiger partial charge in [0.15, 0.2) is 6.61 Å². The van der Waals surface area contributed by atoms with Gasteiger partial charge in [0.1, 0.15) is 6.54 Å². The van der Waals surface area contributed by atoms with Gasteiger partial charge in [0.2, 0.25) is 0 Å². The van der Waals surface area contributed by atoms with Crippen LogP contribution in [0.3, 0.4) is 0 Å². The average Bonchev–Trinajstić information content (AvgIpc) is 2.99. The fourth-order valence-corrected chi connectivity index (χ4v) is 3.55. The first kappa shape index (κ1) is 18.1. The van der Waals surface area contributed by atoms with Gasteiger partial charge in [-0.1, -0.05) is 47.7 Å². The molecule has 2 heterocycles. The molecule has 0 N–H and O–H groups in total. The minimum atomic E-state index is -0.584. The molecule has 1 aromatic carbocycles. The highest BCUT2D eigenvalue weighted by Crippen LogP contribution is 2.21. The Kier molecular flexibility index (Phi) is 5.68. The summed E-state index contributed by atoms with van der Waals surface area (Å²) in [4.78, 5) is 37.2. The minimum Gasteiger partial charge on any atom is -0.454 e. The van der Waals surface area contributed by atoms with Crippen molar-refractivity contribution in [2.75, 3.05) is 19.7 Å². The van der Waals surface area contributed by atoms with Crippen molar-refractivity contribution in [1.29, 1.82) is 0 Å². The molecule has 26 heavy (non-hydrogen) atoms. The highest BCUT2D eigenvalue weighted by Gasteiger charge is 2.19. The fourth-order valence-electron chi connectivity index (χ4n) is 2.81. The Morgan fingerprint density at radius 1 is 1.23 bits per heavy atom. The number of hydrogen-bond acceptors (Lipinski definition) is 5. The van der Waals surface area contributed by atoms with Crippen LogP contribution in [0.2, 0.25) is 0 Å². The first-order valence-electron chi connectivity index (χ1n) is 8.37. The maximum absolute atomic E-state index is 12.2. The lowest BCUT2D eigenvalue weighted by atomic mass is 10.00. The third-order valence-corrected chi connectivity index (χ3v) is 5.21. The molecule has 1 aromatic heterocycles. The SMILES string of the molecule is Cc1csc(=O)n1CC(=O)OCC(=O)N1CC=C(c2ccccc2)CC1. The summed E-state index contributed by atoms with van der Waals surface area (Å²) in [5, 5.41) is 1.69. The van der Waals surface area contributed by atoms with Crippen LogP contribution in [-0.2, 0) is 20.9 Å². The van der Waals surface area contributed by atoms with Crippen LogP contribution in [0.4, 0.5) is 0 Å². The van der Waals surface area contributed by atoms with Crippen molar-refractivity contribution in [2.45, 2.75) is 19.9 Å². The number of esters is 1. The number of carbonyl (C=O) groups is 2. The smallest absolute Gasteiger partial charge is 0.326 e. The number of carbonyl (C=O) groups excluding carboxylic acids is 2. The molecule has 0 fully saturated rings. The Morgan fingerprint density at radius 2 is 2.00 bits per heavy atom. The predicted octanol–water partition coefficient (Wildman–Crippen LogP) is 2.08. The second-order valence-electron chi connectivity index (χ2n) is 6.07. The van der Waals surface area contributed by atoms with Crippen molar-refractivity contribution < 1.29 is 14.3 Å². The molecule has 0 saturated heterocycles. The Bertz CT molecular complexity index is 882. The van der Waals surface area contributed by atoms with Gasteiger partial charge in [0.25, 0.3) is 5.91 Å². The molecule has 0 bridgehead atoms. The van der Waals surface area contributed by atoms with E-state index in [1.165, 1.54) is 15.7 Å². The van der Waals surface area contributed by atoms with Crippen molar-refractivity contribution >= 4 is 28.8 Å². The van der Waals surface area contributed by atoms with E-state index < -0.39 is 5.97 Å². The van der Waals surface area contributed by atoms with Crippen molar-refractivity contribution in [1.82, 2.24) is 9.47 Å². The number of rotatable bonds is 5. The number of amides is 1. The molecule has 136 valence electrons. The Labute approximate surface area is 155 Å². The minimum absolute atomic E-state index is 0.167. The predicted molar refractivity (Wildman–Crippen MR) is 99.9 cm³/mol. The summed E-state index contributed by atoms with van der Waals surface area (Å²) in [6.45, 7) is 2.38. The third kappa shape index (κ3) is 4.29. The zero-order valence-electron chi connectivity index (χ0n) is 14.5. The fraction of sp³-hybridized carbons (Fsp3) is 0.316. The van der Waals surface area contributed by atoms with E-state index in [4.69, 9.17) is 4.74 Å². The lowest BCUT2D eigenvalue weighted by Crippen LogP contribution is -2.38. The normalized spacial score (nSPS) is 14.0. The Balaban J connectivity index is 1.49. The molecule has 0 unspecified atom stereocenters. The van der Waals surface area contributed by atoms with Gasteiger partial charge >= 0.3 is 10.8 Å². The van der Waals surface area contributed by atoms with Gasteiger partial charge in [-0.15, -0.1) is 0 Å². The highest BCUT2D eigenvalue weighted by molar-refractivity contribution is 7.07. The van der Waals surface area contributed by atoms with Gasteiger partial charge in [-0.3, -0.25) is 19.0 Å². The summed E-state index contributed by atoms with van der Waals surface area (Å²) in [7, 11) is 0. The van der Waals surface area contributed by atoms with Crippen LogP contribution in [0.25, 0.3) is 5.57 Å². The molecule has 3 rings (SSSR count). The van der Waals surface area contributed by atoms with E-state index in [0.717, 1.165) is 17.8 Å². The number of hydrogen-bond donors (Lipinski definition) is 0. The number of ether oxygens (including phenoxy) is 1. The molecule has 1 amide bonds. The summed E-state index contributed by atoms with van der Waals surface area (Å²) in [5.41, 5.74) is 3.10. The lowest BCUT2D eigenvalue weighted by molar-refractivity contribution is -0.152. The summed E-state index contributed by atoms with van der Waals surface area (Å²) in [6.07, 6.45) is 2.81. The molecule has 0 aliphatic carbocycles. The molecule has 7 heteroatoms. The number of aromatic nitrogens is 1. The van der Waals surface area contributed by atoms with E-state index in [1.54, 1.807) is 17.2 Å². The van der Waals surface area contributed by atoms with Crippen LogP contribution >= 0.6 is 11.3 Å². The van der Waals surface area contributed by atoms with Gasteiger partial charge in [0.05, 0.1) is 0 Å². The highest BCUT2D eigenvalue weighted by atomic mass is 32.1. The largest absolute Gasteiger partial charge is 0.454 e. The Morgan fingerprint density at radius 3 is 2.62 bits per heavy atom. The first-order valence-corrected chi connectivity index (χ1v) is 9.25. The van der Waals surface area contributed by atoms with Gasteiger partial charge < -0.3 is 9.64 Å². The van der Waals surface area contributed by atoms with Crippen LogP contribution in [0.1, 0.15) is 17.7 Å². The maximum Gasteiger partial charge on any atom is 0.326 e. The van der Waals surface area contributed by atoms with Crippen LogP contribution < -0.4 is 4.87 Å². The summed E-state index contributed by atoms with van der Waals surface area (Å²) in [6, 6.07) is 10.1. The molecular formula is C19H20N2O4S. The second kappa shape index (κ2) is 8.14. The van der Waals surface area contributed by atoms with Crippen LogP contribution in [0.5, 0.6) is 0 Å². The summed E-state index contributed by atoms with van der Waals surface area (Å²) >= 11 is 1.04. The molecule has 0 saturated carbocycles. The van der Waals surface area contributed by atoms with Crippen molar-refractivity contribution in [3.05, 3.63) is 62.7 Å². The molecule has 6 nitrogen and oxygen atoms in total. The van der Waals surface area contributed by atoms with Gasteiger partial charge in [-0.25, -0.2) is 0 Å².